The summed E-state index contributed by atoms with van der Waals surface area (Å²) < 4.78 is 26.4. The molecule has 0 saturated carbocycles. The number of nitriles is 1. The van der Waals surface area contributed by atoms with Crippen molar-refractivity contribution in [3.05, 3.63) is 77.1 Å². The van der Waals surface area contributed by atoms with E-state index in [0.29, 0.717) is 31.2 Å². The number of carbonyl (C=O) groups excluding carboxylic acids is 1. The van der Waals surface area contributed by atoms with E-state index >= 15 is 4.39 Å². The molecule has 0 spiro atoms. The van der Waals surface area contributed by atoms with Crippen molar-refractivity contribution in [1.82, 2.24) is 14.7 Å². The lowest BCUT2D eigenvalue weighted by Crippen LogP contribution is -2.59. The first-order valence-corrected chi connectivity index (χ1v) is 16.4. The van der Waals surface area contributed by atoms with Gasteiger partial charge in [0.05, 0.1) is 36.6 Å². The number of hydrogen-bond acceptors (Lipinski definition) is 9. The second-order valence-corrected chi connectivity index (χ2v) is 13.0. The van der Waals surface area contributed by atoms with Crippen molar-refractivity contribution in [1.29, 1.82) is 10.7 Å². The molecule has 0 bridgehead atoms. The van der Waals surface area contributed by atoms with Gasteiger partial charge >= 0.3 is 0 Å². The highest BCUT2D eigenvalue weighted by atomic mass is 19.1. The van der Waals surface area contributed by atoms with Crippen molar-refractivity contribution in [2.45, 2.75) is 44.3 Å². The predicted molar refractivity (Wildman–Crippen MR) is 188 cm³/mol. The number of hydrogen-bond donors (Lipinski definition) is 3. The fraction of sp³-hybridized carbons (Fsp3) is 0.417. The third-order valence-electron chi connectivity index (χ3n) is 9.25. The van der Waals surface area contributed by atoms with Crippen LogP contribution in [0.25, 0.3) is 5.70 Å². The highest BCUT2D eigenvalue weighted by molar-refractivity contribution is 6.26. The van der Waals surface area contributed by atoms with Crippen LogP contribution in [0.15, 0.2) is 75.7 Å². The Kier molecular flexibility index (Phi) is 11.2. The van der Waals surface area contributed by atoms with Crippen LogP contribution < -0.4 is 16.2 Å². The van der Waals surface area contributed by atoms with Gasteiger partial charge in [-0.1, -0.05) is 18.2 Å². The summed E-state index contributed by atoms with van der Waals surface area (Å²) in [6.07, 6.45) is 3.01. The molecule has 3 fully saturated rings. The third kappa shape index (κ3) is 8.40. The molecule has 49 heavy (non-hydrogen) atoms. The number of piperazine rings is 1. The van der Waals surface area contributed by atoms with E-state index in [2.05, 4.69) is 32.6 Å². The van der Waals surface area contributed by atoms with Crippen molar-refractivity contribution in [2.75, 3.05) is 52.5 Å². The molecule has 5 N–H and O–H groups in total. The summed E-state index contributed by atoms with van der Waals surface area (Å²) in [7, 11) is 0. The van der Waals surface area contributed by atoms with Crippen molar-refractivity contribution < 1.29 is 18.7 Å². The van der Waals surface area contributed by atoms with Gasteiger partial charge in [-0.25, -0.2) is 9.38 Å². The summed E-state index contributed by atoms with van der Waals surface area (Å²) in [5, 5.41) is 18.4. The molecule has 3 aliphatic heterocycles. The average molecular weight is 670 g/mol. The monoisotopic (exact) mass is 669 g/mol. The minimum absolute atomic E-state index is 0.00714. The van der Waals surface area contributed by atoms with E-state index in [0.717, 1.165) is 39.4 Å². The van der Waals surface area contributed by atoms with Gasteiger partial charge in [0, 0.05) is 56.4 Å². The zero-order chi connectivity index (χ0) is 35.1. The normalized spacial score (nSPS) is 20.5. The highest BCUT2D eigenvalue weighted by Gasteiger charge is 2.35. The molecule has 2 aromatic rings. The molecule has 1 amide bonds. The molecule has 0 aromatic heterocycles. The van der Waals surface area contributed by atoms with E-state index in [4.69, 9.17) is 26.4 Å². The van der Waals surface area contributed by atoms with Crippen LogP contribution >= 0.6 is 0 Å². The van der Waals surface area contributed by atoms with Gasteiger partial charge in [-0.2, -0.15) is 5.26 Å². The summed E-state index contributed by atoms with van der Waals surface area (Å²) in [5.74, 6) is -0.731. The minimum Gasteiger partial charge on any atom is -0.457 e. The molecule has 12 nitrogen and oxygen atoms in total. The molecule has 3 aliphatic rings. The quantitative estimate of drug-likeness (QED) is 0.149. The molecular formula is C36H44FN9O3. The van der Waals surface area contributed by atoms with Crippen LogP contribution in [0.3, 0.4) is 0 Å². The zero-order valence-electron chi connectivity index (χ0n) is 28.1. The number of piperidine rings is 1. The van der Waals surface area contributed by atoms with Crippen molar-refractivity contribution in [2.24, 2.45) is 21.5 Å². The first-order valence-electron chi connectivity index (χ1n) is 16.4. The molecule has 2 aromatic carbocycles. The molecular weight excluding hydrogens is 625 g/mol. The second-order valence-electron chi connectivity index (χ2n) is 13.0. The number of amidine groups is 2. The number of rotatable bonds is 10. The molecule has 3 saturated heterocycles. The zero-order valence-corrected chi connectivity index (χ0v) is 28.1. The number of nitrogens with two attached hydrogens (primary N) is 2. The lowest BCUT2D eigenvalue weighted by atomic mass is 9.96. The lowest BCUT2D eigenvalue weighted by Gasteiger charge is -2.46. The number of halogens is 1. The fourth-order valence-electron chi connectivity index (χ4n) is 6.36. The largest absolute Gasteiger partial charge is 0.457 e. The Morgan fingerprint density at radius 3 is 2.45 bits per heavy atom. The Hall–Kier alpha value is -4.90. The maximum atomic E-state index is 15.3. The number of nitrogens with one attached hydrogen (secondary N) is 1. The summed E-state index contributed by atoms with van der Waals surface area (Å²) in [6, 6.07) is 15.3. The second kappa shape index (κ2) is 15.5. The fourth-order valence-corrected chi connectivity index (χ4v) is 6.36. The minimum atomic E-state index is -0.684. The molecule has 3 heterocycles. The number of nitrogens with zero attached hydrogens (tertiary/aromatic N) is 6. The summed E-state index contributed by atoms with van der Waals surface area (Å²) in [4.78, 5) is 28.3. The van der Waals surface area contributed by atoms with Gasteiger partial charge in [0.15, 0.2) is 5.84 Å². The van der Waals surface area contributed by atoms with Gasteiger partial charge in [-0.15, -0.1) is 0 Å². The van der Waals surface area contributed by atoms with E-state index < -0.39 is 17.4 Å². The number of aliphatic imine (C=N–C) groups is 2. The Balaban J connectivity index is 1.30. The van der Waals surface area contributed by atoms with Crippen LogP contribution in [-0.4, -0.2) is 109 Å². The first kappa shape index (κ1) is 35.4. The van der Waals surface area contributed by atoms with E-state index in [9.17, 15) is 10.1 Å². The molecule has 13 heteroatoms. The van der Waals surface area contributed by atoms with Crippen LogP contribution in [-0.2, 0) is 9.53 Å². The van der Waals surface area contributed by atoms with Gasteiger partial charge in [-0.3, -0.25) is 25.0 Å². The Bertz CT molecular complexity index is 1690. The van der Waals surface area contributed by atoms with Crippen LogP contribution in [0.1, 0.15) is 32.3 Å². The third-order valence-corrected chi connectivity index (χ3v) is 9.25. The predicted octanol–water partition coefficient (Wildman–Crippen LogP) is 3.56. The SMILES string of the molecule is C=NC(=N)C(C(N)=NC1CCCN(C(=O)C(C#N)=CC(C)(C)N2CCN(C3COC3)CC2)C1)=C(N)c1ccc(Oc2ccccc2)cc1F. The molecule has 0 radical (unpaired) electrons. The van der Waals surface area contributed by atoms with Crippen molar-refractivity contribution in [3.8, 4) is 17.6 Å². The van der Waals surface area contributed by atoms with Gasteiger partial charge in [0.2, 0.25) is 0 Å². The smallest absolute Gasteiger partial charge is 0.264 e. The average Bonchev–Trinajstić information content (AvgIpc) is 3.07. The van der Waals surface area contributed by atoms with Crippen molar-refractivity contribution in [3.63, 3.8) is 0 Å². The maximum Gasteiger partial charge on any atom is 0.264 e. The lowest BCUT2D eigenvalue weighted by molar-refractivity contribution is -0.127. The van der Waals surface area contributed by atoms with Gasteiger partial charge in [0.1, 0.15) is 34.8 Å². The van der Waals surface area contributed by atoms with Gasteiger partial charge in [0.25, 0.3) is 5.91 Å². The molecule has 1 unspecified atom stereocenters. The highest BCUT2D eigenvalue weighted by Crippen LogP contribution is 2.28. The molecule has 5 rings (SSSR count). The van der Waals surface area contributed by atoms with Crippen molar-refractivity contribution >= 4 is 30.0 Å². The van der Waals surface area contributed by atoms with Gasteiger partial charge < -0.3 is 25.8 Å². The van der Waals surface area contributed by atoms with Crippen LogP contribution in [0.5, 0.6) is 11.5 Å². The number of carbonyl (C=O) groups is 1. The summed E-state index contributed by atoms with van der Waals surface area (Å²) in [5.41, 5.74) is 12.2. The Morgan fingerprint density at radius 1 is 1.12 bits per heavy atom. The summed E-state index contributed by atoms with van der Waals surface area (Å²) in [6.45, 7) is 13.2. The maximum absolute atomic E-state index is 15.3. The molecule has 0 aliphatic carbocycles. The van der Waals surface area contributed by atoms with E-state index in [1.165, 1.54) is 12.1 Å². The summed E-state index contributed by atoms with van der Waals surface area (Å²) >= 11 is 0. The van der Waals surface area contributed by atoms with E-state index in [1.807, 2.05) is 19.9 Å². The Labute approximate surface area is 286 Å². The van der Waals surface area contributed by atoms with Crippen LogP contribution in [0, 0.1) is 22.6 Å². The molecule has 258 valence electrons. The first-order chi connectivity index (χ1) is 23.5. The van der Waals surface area contributed by atoms with Crippen LogP contribution in [0.4, 0.5) is 4.39 Å². The number of para-hydroxylation sites is 1. The number of likely N-dealkylation sites (tertiary alicyclic amines) is 1. The number of ether oxygens (including phenoxy) is 2. The van der Waals surface area contributed by atoms with Gasteiger partial charge in [-0.05, 0) is 63.7 Å². The standard InChI is InChI=1S/C36H44FN9O3/c1-36(2,46-16-14-44(15-17-46)26-22-48-23-26)19-24(20-38)35(47)45-13-7-8-25(21-45)43-34(41)31(33(40)42-3)32(39)29-12-11-28(18-30(29)37)49-27-9-5-4-6-10-27/h4-6,9-12,18-19,25-26,40H,3,7-8,13-17,21-23,39H2,1-2H3,(H2,41,43). The van der Waals surface area contributed by atoms with Crippen LogP contribution in [0.2, 0.25) is 0 Å². The van der Waals surface area contributed by atoms with E-state index in [-0.39, 0.29) is 52.3 Å². The topological polar surface area (TPSA) is 170 Å². The molecule has 1 atom stereocenters. The Morgan fingerprint density at radius 2 is 1.84 bits per heavy atom. The number of amides is 1. The number of benzene rings is 2. The van der Waals surface area contributed by atoms with E-state index in [1.54, 1.807) is 41.3 Å².